The van der Waals surface area contributed by atoms with E-state index in [1.54, 1.807) is 0 Å². The molecule has 2 N–H and O–H groups in total. The van der Waals surface area contributed by atoms with E-state index < -0.39 is 0 Å². The maximum Gasteiger partial charge on any atom is 0.230 e. The number of H-pyrrole nitrogens is 1. The highest BCUT2D eigenvalue weighted by molar-refractivity contribution is 8.00. The zero-order valence-electron chi connectivity index (χ0n) is 13.1. The van der Waals surface area contributed by atoms with E-state index in [1.807, 2.05) is 0 Å². The van der Waals surface area contributed by atoms with E-state index in [1.165, 1.54) is 18.1 Å². The molecule has 130 valence electrons. The number of rotatable bonds is 7. The highest BCUT2D eigenvalue weighted by Gasteiger charge is 2.12. The van der Waals surface area contributed by atoms with Crippen LogP contribution in [0.4, 0.5) is 0 Å². The maximum absolute atomic E-state index is 12.0. The molecule has 0 saturated carbocycles. The Balaban J connectivity index is 1.39. The van der Waals surface area contributed by atoms with Gasteiger partial charge in [0, 0.05) is 19.6 Å². The third-order valence-electron chi connectivity index (χ3n) is 3.64. The summed E-state index contributed by atoms with van der Waals surface area (Å²) in [5, 5.41) is 3.69. The van der Waals surface area contributed by atoms with Gasteiger partial charge in [-0.1, -0.05) is 11.8 Å². The van der Waals surface area contributed by atoms with Crippen molar-refractivity contribution in [2.24, 2.45) is 0 Å². The van der Waals surface area contributed by atoms with E-state index in [9.17, 15) is 4.79 Å². The van der Waals surface area contributed by atoms with Gasteiger partial charge in [0.25, 0.3) is 0 Å². The lowest BCUT2D eigenvalue weighted by atomic mass is 10.3. The number of carbonyl (C=O) groups is 1. The average molecular weight is 371 g/mol. The number of halogens is 1. The number of aromatic nitrogens is 4. The van der Waals surface area contributed by atoms with Crippen LogP contribution < -0.4 is 5.32 Å². The van der Waals surface area contributed by atoms with E-state index in [4.69, 9.17) is 16.3 Å². The second-order valence-electron chi connectivity index (χ2n) is 5.35. The number of carbonyl (C=O) groups excluding carboxylic acids is 1. The van der Waals surface area contributed by atoms with Gasteiger partial charge in [-0.2, -0.15) is 4.98 Å². The summed E-state index contributed by atoms with van der Waals surface area (Å²) >= 11 is 7.19. The zero-order chi connectivity index (χ0) is 16.8. The predicted octanol–water partition coefficient (Wildman–Crippen LogP) is 0.937. The monoisotopic (exact) mass is 370 g/mol. The van der Waals surface area contributed by atoms with E-state index in [2.05, 4.69) is 30.2 Å². The summed E-state index contributed by atoms with van der Waals surface area (Å²) < 4.78 is 5.31. The standard InChI is InChI=1S/C14H19ClN6O2S/c15-14-19-12-11(17-9-18-12)13(20-14)24-8-10(22)16-2-1-3-21-4-6-23-7-5-21/h9H,1-8H2,(H,16,22)(H,17,18,19,20). The Morgan fingerprint density at radius 3 is 3.08 bits per heavy atom. The molecular formula is C14H19ClN6O2S. The lowest BCUT2D eigenvalue weighted by molar-refractivity contribution is -0.118. The van der Waals surface area contributed by atoms with Crippen molar-refractivity contribution in [3.8, 4) is 0 Å². The van der Waals surface area contributed by atoms with Crippen molar-refractivity contribution in [1.29, 1.82) is 0 Å². The van der Waals surface area contributed by atoms with Gasteiger partial charge in [0.15, 0.2) is 5.65 Å². The number of fused-ring (bicyclic) bond motifs is 1. The average Bonchev–Trinajstić information content (AvgIpc) is 3.06. The number of nitrogens with one attached hydrogen (secondary N) is 2. The van der Waals surface area contributed by atoms with Gasteiger partial charge in [-0.25, -0.2) is 9.97 Å². The third-order valence-corrected chi connectivity index (χ3v) is 4.79. The topological polar surface area (TPSA) is 96.0 Å². The molecule has 10 heteroatoms. The molecule has 8 nitrogen and oxygen atoms in total. The molecule has 0 bridgehead atoms. The van der Waals surface area contributed by atoms with Crippen LogP contribution in [0.15, 0.2) is 11.4 Å². The van der Waals surface area contributed by atoms with Gasteiger partial charge in [0.05, 0.1) is 25.3 Å². The molecule has 2 aromatic heterocycles. The first kappa shape index (κ1) is 17.4. The summed E-state index contributed by atoms with van der Waals surface area (Å²) in [4.78, 5) is 29.5. The van der Waals surface area contributed by atoms with Crippen LogP contribution in [0.2, 0.25) is 5.28 Å². The van der Waals surface area contributed by atoms with Crippen LogP contribution in [0.5, 0.6) is 0 Å². The smallest absolute Gasteiger partial charge is 0.230 e. The number of hydrogen-bond donors (Lipinski definition) is 2. The SMILES string of the molecule is O=C(CSc1nc(Cl)nc2nc[nH]c12)NCCCN1CCOCC1. The van der Waals surface area contributed by atoms with Gasteiger partial charge >= 0.3 is 0 Å². The molecule has 3 rings (SSSR count). The van der Waals surface area contributed by atoms with Crippen LogP contribution in [0.1, 0.15) is 6.42 Å². The number of imidazole rings is 1. The van der Waals surface area contributed by atoms with E-state index >= 15 is 0 Å². The van der Waals surface area contributed by atoms with Crippen LogP contribution in [0, 0.1) is 0 Å². The van der Waals surface area contributed by atoms with Gasteiger partial charge in [-0.05, 0) is 24.6 Å². The quantitative estimate of drug-likeness (QED) is 0.324. The number of nitrogens with zero attached hydrogens (tertiary/aromatic N) is 4. The first-order chi connectivity index (χ1) is 11.7. The molecule has 3 heterocycles. The Morgan fingerprint density at radius 2 is 2.25 bits per heavy atom. The summed E-state index contributed by atoms with van der Waals surface area (Å²) in [5.74, 6) is 0.253. The Bertz CT molecular complexity index is 691. The Kier molecular flexibility index (Phi) is 6.24. The normalized spacial score (nSPS) is 15.7. The summed E-state index contributed by atoms with van der Waals surface area (Å²) in [6.07, 6.45) is 2.46. The van der Waals surface area contributed by atoms with Gasteiger partial charge in [0.2, 0.25) is 11.2 Å². The van der Waals surface area contributed by atoms with Gasteiger partial charge in [-0.3, -0.25) is 9.69 Å². The molecule has 1 saturated heterocycles. The molecule has 0 aliphatic carbocycles. The highest BCUT2D eigenvalue weighted by atomic mass is 35.5. The van der Waals surface area contributed by atoms with E-state index in [0.29, 0.717) is 22.7 Å². The third kappa shape index (κ3) is 4.79. The molecule has 1 aliphatic rings. The van der Waals surface area contributed by atoms with Crippen LogP contribution in [0.25, 0.3) is 11.2 Å². The summed E-state index contributed by atoms with van der Waals surface area (Å²) in [7, 11) is 0. The molecule has 0 atom stereocenters. The molecule has 0 spiro atoms. The second-order valence-corrected chi connectivity index (χ2v) is 6.65. The number of morpholine rings is 1. The van der Waals surface area contributed by atoms with Crippen molar-refractivity contribution in [2.75, 3.05) is 45.1 Å². The Morgan fingerprint density at radius 1 is 1.42 bits per heavy atom. The lowest BCUT2D eigenvalue weighted by Gasteiger charge is -2.26. The van der Waals surface area contributed by atoms with Crippen LogP contribution >= 0.6 is 23.4 Å². The van der Waals surface area contributed by atoms with Crippen molar-refractivity contribution in [1.82, 2.24) is 30.2 Å². The van der Waals surface area contributed by atoms with Crippen molar-refractivity contribution >= 4 is 40.4 Å². The number of amides is 1. The Hall–Kier alpha value is -1.42. The summed E-state index contributed by atoms with van der Waals surface area (Å²) in [6, 6.07) is 0. The van der Waals surface area contributed by atoms with Crippen molar-refractivity contribution < 1.29 is 9.53 Å². The van der Waals surface area contributed by atoms with E-state index in [0.717, 1.165) is 39.3 Å². The molecule has 0 radical (unpaired) electrons. The molecule has 1 amide bonds. The van der Waals surface area contributed by atoms with Crippen LogP contribution in [-0.4, -0.2) is 75.9 Å². The van der Waals surface area contributed by atoms with Gasteiger partial charge in [0.1, 0.15) is 10.5 Å². The zero-order valence-corrected chi connectivity index (χ0v) is 14.7. The van der Waals surface area contributed by atoms with Crippen LogP contribution in [-0.2, 0) is 9.53 Å². The molecule has 2 aromatic rings. The molecule has 0 aromatic carbocycles. The van der Waals surface area contributed by atoms with Gasteiger partial charge < -0.3 is 15.0 Å². The lowest BCUT2D eigenvalue weighted by Crippen LogP contribution is -2.38. The molecule has 1 fully saturated rings. The molecule has 0 unspecified atom stereocenters. The van der Waals surface area contributed by atoms with Crippen LogP contribution in [0.3, 0.4) is 0 Å². The van der Waals surface area contributed by atoms with E-state index in [-0.39, 0.29) is 16.9 Å². The fraction of sp³-hybridized carbons (Fsp3) is 0.571. The first-order valence-electron chi connectivity index (χ1n) is 7.78. The summed E-state index contributed by atoms with van der Waals surface area (Å²) in [6.45, 7) is 5.18. The largest absolute Gasteiger partial charge is 0.379 e. The Labute approximate surface area is 148 Å². The van der Waals surface area contributed by atoms with Crippen molar-refractivity contribution in [3.05, 3.63) is 11.6 Å². The highest BCUT2D eigenvalue weighted by Crippen LogP contribution is 2.23. The minimum atomic E-state index is -0.0237. The number of thioether (sulfide) groups is 1. The first-order valence-corrected chi connectivity index (χ1v) is 9.15. The van der Waals surface area contributed by atoms with Crippen molar-refractivity contribution in [2.45, 2.75) is 11.4 Å². The predicted molar refractivity (Wildman–Crippen MR) is 92.3 cm³/mol. The number of hydrogen-bond acceptors (Lipinski definition) is 7. The minimum absolute atomic E-state index is 0.0237. The summed E-state index contributed by atoms with van der Waals surface area (Å²) in [5.41, 5.74) is 1.20. The number of ether oxygens (including phenoxy) is 1. The van der Waals surface area contributed by atoms with Crippen molar-refractivity contribution in [3.63, 3.8) is 0 Å². The maximum atomic E-state index is 12.0. The second kappa shape index (κ2) is 8.61. The number of aromatic amines is 1. The molecular weight excluding hydrogens is 352 g/mol. The molecule has 1 aliphatic heterocycles. The fourth-order valence-corrected chi connectivity index (χ4v) is 3.46. The fourth-order valence-electron chi connectivity index (χ4n) is 2.43. The minimum Gasteiger partial charge on any atom is -0.379 e. The molecule has 24 heavy (non-hydrogen) atoms. The van der Waals surface area contributed by atoms with Gasteiger partial charge in [-0.15, -0.1) is 0 Å².